The summed E-state index contributed by atoms with van der Waals surface area (Å²) in [4.78, 5) is 0.889. The van der Waals surface area contributed by atoms with Crippen LogP contribution in [0.25, 0.3) is 0 Å². The standard InChI is InChI=1S/C13H24N2O2S2/c1-2-3-4-5-6-7-10-15-19(16,17)13-9-8-12(11-14)18-13/h8-9,15H,2-7,10-11,14H2,1H3. The molecule has 3 N–H and O–H groups in total. The number of rotatable bonds is 10. The van der Waals surface area contributed by atoms with E-state index in [1.807, 2.05) is 0 Å². The molecule has 0 aromatic carbocycles. The second-order valence-electron chi connectivity index (χ2n) is 4.59. The first-order valence-corrected chi connectivity index (χ1v) is 9.18. The number of unbranched alkanes of at least 4 members (excludes halogenated alkanes) is 5. The fourth-order valence-corrected chi connectivity index (χ4v) is 4.15. The van der Waals surface area contributed by atoms with Crippen molar-refractivity contribution < 1.29 is 8.42 Å². The Morgan fingerprint density at radius 1 is 1.16 bits per heavy atom. The second kappa shape index (κ2) is 8.68. The van der Waals surface area contributed by atoms with Gasteiger partial charge < -0.3 is 5.73 Å². The topological polar surface area (TPSA) is 72.2 Å². The largest absolute Gasteiger partial charge is 0.326 e. The van der Waals surface area contributed by atoms with Crippen molar-refractivity contribution in [3.8, 4) is 0 Å². The minimum atomic E-state index is -3.33. The van der Waals surface area contributed by atoms with Crippen molar-refractivity contribution in [1.82, 2.24) is 4.72 Å². The first-order valence-electron chi connectivity index (χ1n) is 6.88. The van der Waals surface area contributed by atoms with Gasteiger partial charge in [0.2, 0.25) is 10.0 Å². The Balaban J connectivity index is 2.27. The zero-order valence-corrected chi connectivity index (χ0v) is 13.2. The first-order chi connectivity index (χ1) is 9.10. The van der Waals surface area contributed by atoms with Crippen molar-refractivity contribution in [3.63, 3.8) is 0 Å². The lowest BCUT2D eigenvalue weighted by molar-refractivity contribution is 0.569. The van der Waals surface area contributed by atoms with Gasteiger partial charge in [0.05, 0.1) is 0 Å². The molecule has 0 fully saturated rings. The van der Waals surface area contributed by atoms with E-state index in [0.717, 1.165) is 17.7 Å². The van der Waals surface area contributed by atoms with Crippen LogP contribution in [0.5, 0.6) is 0 Å². The van der Waals surface area contributed by atoms with Crippen LogP contribution in [-0.2, 0) is 16.6 Å². The van der Waals surface area contributed by atoms with Crippen molar-refractivity contribution in [3.05, 3.63) is 17.0 Å². The van der Waals surface area contributed by atoms with Crippen molar-refractivity contribution in [2.45, 2.75) is 56.2 Å². The number of thiophene rings is 1. The van der Waals surface area contributed by atoms with Crippen LogP contribution in [0, 0.1) is 0 Å². The summed E-state index contributed by atoms with van der Waals surface area (Å²) >= 11 is 1.24. The first kappa shape index (κ1) is 16.6. The minimum Gasteiger partial charge on any atom is -0.326 e. The minimum absolute atomic E-state index is 0.360. The lowest BCUT2D eigenvalue weighted by Crippen LogP contribution is -2.23. The number of hydrogen-bond donors (Lipinski definition) is 2. The fourth-order valence-electron chi connectivity index (χ4n) is 1.80. The van der Waals surface area contributed by atoms with E-state index in [0.29, 0.717) is 17.3 Å². The highest BCUT2D eigenvalue weighted by Crippen LogP contribution is 2.20. The molecule has 0 aliphatic heterocycles. The Kier molecular flexibility index (Phi) is 7.60. The van der Waals surface area contributed by atoms with Crippen LogP contribution in [0.1, 0.15) is 50.3 Å². The second-order valence-corrected chi connectivity index (χ2v) is 7.75. The molecule has 0 bridgehead atoms. The quantitative estimate of drug-likeness (QED) is 0.653. The SMILES string of the molecule is CCCCCCCCNS(=O)(=O)c1ccc(CN)s1. The molecule has 1 rings (SSSR count). The molecule has 0 atom stereocenters. The Labute approximate surface area is 120 Å². The van der Waals surface area contributed by atoms with Crippen molar-refractivity contribution in [1.29, 1.82) is 0 Å². The molecule has 110 valence electrons. The molecule has 6 heteroatoms. The van der Waals surface area contributed by atoms with Crippen LogP contribution < -0.4 is 10.5 Å². The monoisotopic (exact) mass is 304 g/mol. The molecular weight excluding hydrogens is 280 g/mol. The summed E-state index contributed by atoms with van der Waals surface area (Å²) in [6.45, 7) is 3.09. The molecule has 0 saturated carbocycles. The summed E-state index contributed by atoms with van der Waals surface area (Å²) in [5.41, 5.74) is 5.48. The maximum absolute atomic E-state index is 12.0. The average molecular weight is 304 g/mol. The normalized spacial score (nSPS) is 11.9. The van der Waals surface area contributed by atoms with Crippen LogP contribution in [0.3, 0.4) is 0 Å². The lowest BCUT2D eigenvalue weighted by Gasteiger charge is -2.04. The van der Waals surface area contributed by atoms with Gasteiger partial charge in [0.15, 0.2) is 0 Å². The van der Waals surface area contributed by atoms with Gasteiger partial charge in [-0.15, -0.1) is 11.3 Å². The van der Waals surface area contributed by atoms with Crippen LogP contribution in [0.2, 0.25) is 0 Å². The summed E-state index contributed by atoms with van der Waals surface area (Å²) in [6, 6.07) is 3.39. The molecule has 0 aliphatic carbocycles. The van der Waals surface area contributed by atoms with Gasteiger partial charge in [-0.2, -0.15) is 0 Å². The third-order valence-electron chi connectivity index (χ3n) is 2.93. The van der Waals surface area contributed by atoms with E-state index >= 15 is 0 Å². The van der Waals surface area contributed by atoms with Crippen LogP contribution in [0.4, 0.5) is 0 Å². The van der Waals surface area contributed by atoms with E-state index in [1.54, 1.807) is 12.1 Å². The molecule has 1 aromatic heterocycles. The predicted molar refractivity (Wildman–Crippen MR) is 80.8 cm³/mol. The van der Waals surface area contributed by atoms with Crippen LogP contribution >= 0.6 is 11.3 Å². The summed E-state index contributed by atoms with van der Waals surface area (Å²) in [5.74, 6) is 0. The molecule has 19 heavy (non-hydrogen) atoms. The number of nitrogens with one attached hydrogen (secondary N) is 1. The summed E-state index contributed by atoms with van der Waals surface area (Å²) in [6.07, 6.45) is 6.91. The van der Waals surface area contributed by atoms with E-state index in [-0.39, 0.29) is 0 Å². The highest BCUT2D eigenvalue weighted by Gasteiger charge is 2.15. The Morgan fingerprint density at radius 3 is 2.47 bits per heavy atom. The Hall–Kier alpha value is -0.430. The van der Waals surface area contributed by atoms with E-state index < -0.39 is 10.0 Å². The molecule has 0 saturated heterocycles. The Morgan fingerprint density at radius 2 is 1.84 bits per heavy atom. The maximum atomic E-state index is 12.0. The molecule has 1 heterocycles. The van der Waals surface area contributed by atoms with Gasteiger partial charge in [-0.1, -0.05) is 39.0 Å². The van der Waals surface area contributed by atoms with Gasteiger partial charge in [0.1, 0.15) is 4.21 Å². The smallest absolute Gasteiger partial charge is 0.250 e. The summed E-state index contributed by atoms with van der Waals surface area (Å²) < 4.78 is 26.9. The van der Waals surface area contributed by atoms with Crippen molar-refractivity contribution >= 4 is 21.4 Å². The molecular formula is C13H24N2O2S2. The third-order valence-corrected chi connectivity index (χ3v) is 5.99. The van der Waals surface area contributed by atoms with Gasteiger partial charge in [-0.05, 0) is 18.6 Å². The number of sulfonamides is 1. The molecule has 0 spiro atoms. The van der Waals surface area contributed by atoms with E-state index in [9.17, 15) is 8.42 Å². The van der Waals surface area contributed by atoms with Gasteiger partial charge in [-0.3, -0.25) is 0 Å². The summed E-state index contributed by atoms with van der Waals surface area (Å²) in [5, 5.41) is 0. The van der Waals surface area contributed by atoms with Crippen molar-refractivity contribution in [2.75, 3.05) is 6.54 Å². The lowest BCUT2D eigenvalue weighted by atomic mass is 10.1. The molecule has 0 aliphatic rings. The highest BCUT2D eigenvalue weighted by molar-refractivity contribution is 7.91. The number of nitrogens with two attached hydrogens (primary N) is 1. The number of hydrogen-bond acceptors (Lipinski definition) is 4. The molecule has 0 amide bonds. The van der Waals surface area contributed by atoms with E-state index in [1.165, 1.54) is 37.0 Å². The zero-order valence-electron chi connectivity index (χ0n) is 11.5. The summed E-state index contributed by atoms with van der Waals surface area (Å²) in [7, 11) is -3.33. The molecule has 0 unspecified atom stereocenters. The highest BCUT2D eigenvalue weighted by atomic mass is 32.2. The molecule has 1 aromatic rings. The fraction of sp³-hybridized carbons (Fsp3) is 0.692. The molecule has 4 nitrogen and oxygen atoms in total. The van der Waals surface area contributed by atoms with E-state index in [4.69, 9.17) is 5.73 Å². The van der Waals surface area contributed by atoms with Crippen molar-refractivity contribution in [2.24, 2.45) is 5.73 Å². The average Bonchev–Trinajstić information content (AvgIpc) is 2.87. The van der Waals surface area contributed by atoms with Gasteiger partial charge in [-0.25, -0.2) is 13.1 Å². The van der Waals surface area contributed by atoms with Gasteiger partial charge in [0, 0.05) is 18.0 Å². The van der Waals surface area contributed by atoms with Gasteiger partial charge in [0.25, 0.3) is 0 Å². The third kappa shape index (κ3) is 6.03. The van der Waals surface area contributed by atoms with E-state index in [2.05, 4.69) is 11.6 Å². The predicted octanol–water partition coefficient (Wildman–Crippen LogP) is 2.85. The zero-order chi connectivity index (χ0) is 14.1. The Bertz CT molecular complexity index is 455. The van der Waals surface area contributed by atoms with Gasteiger partial charge >= 0.3 is 0 Å². The van der Waals surface area contributed by atoms with Crippen LogP contribution in [0.15, 0.2) is 16.3 Å². The molecule has 0 radical (unpaired) electrons. The van der Waals surface area contributed by atoms with Crippen LogP contribution in [-0.4, -0.2) is 15.0 Å². The maximum Gasteiger partial charge on any atom is 0.250 e.